The first-order valence-electron chi connectivity index (χ1n) is 5.24. The van der Waals surface area contributed by atoms with Gasteiger partial charge in [0.15, 0.2) is 0 Å². The van der Waals surface area contributed by atoms with Crippen molar-refractivity contribution in [3.05, 3.63) is 12.2 Å². The van der Waals surface area contributed by atoms with Crippen molar-refractivity contribution in [2.45, 2.75) is 52.9 Å². The van der Waals surface area contributed by atoms with Gasteiger partial charge >= 0.3 is 0 Å². The smallest absolute Gasteiger partial charge is 0.0233 e. The van der Waals surface area contributed by atoms with E-state index >= 15 is 0 Å². The topological polar surface area (TPSA) is 0 Å². The summed E-state index contributed by atoms with van der Waals surface area (Å²) in [7, 11) is 0. The zero-order valence-corrected chi connectivity index (χ0v) is 8.77. The van der Waals surface area contributed by atoms with E-state index in [1.165, 1.54) is 32.1 Å². The van der Waals surface area contributed by atoms with Crippen molar-refractivity contribution in [3.63, 3.8) is 0 Å². The third kappa shape index (κ3) is 3.94. The van der Waals surface area contributed by atoms with Gasteiger partial charge in [-0.15, -0.1) is 0 Å². The normalized spacial score (nSPS) is 24.4. The van der Waals surface area contributed by atoms with Gasteiger partial charge < -0.3 is 0 Å². The Hall–Kier alpha value is -0.260. The summed E-state index contributed by atoms with van der Waals surface area (Å²) in [5.74, 6) is 0.887. The number of rotatable bonds is 2. The Morgan fingerprint density at radius 1 is 1.33 bits per heavy atom. The molecule has 0 saturated heterocycles. The molecule has 0 amide bonds. The molecule has 0 aromatic rings. The number of hydrogen-bond acceptors (Lipinski definition) is 0. The summed E-state index contributed by atoms with van der Waals surface area (Å²) in [5, 5.41) is 0. The molecule has 0 aromatic heterocycles. The molecule has 0 aliphatic heterocycles. The molecule has 1 aliphatic rings. The highest BCUT2D eigenvalue weighted by Gasteiger charge is 2.14. The van der Waals surface area contributed by atoms with Crippen LogP contribution in [0.25, 0.3) is 0 Å². The maximum atomic E-state index is 2.43. The molecule has 0 aromatic carbocycles. The van der Waals surface area contributed by atoms with Crippen LogP contribution in [0.2, 0.25) is 0 Å². The fourth-order valence-corrected chi connectivity index (χ4v) is 1.74. The van der Waals surface area contributed by atoms with Gasteiger partial charge in [0.25, 0.3) is 0 Å². The molecule has 0 bridgehead atoms. The Balaban J connectivity index is 2.22. The van der Waals surface area contributed by atoms with Crippen LogP contribution in [0, 0.1) is 11.3 Å². The van der Waals surface area contributed by atoms with Gasteiger partial charge in [-0.25, -0.2) is 0 Å². The summed E-state index contributed by atoms with van der Waals surface area (Å²) in [6.07, 6.45) is 11.7. The number of hydrogen-bond donors (Lipinski definition) is 0. The molecule has 0 fully saturated rings. The van der Waals surface area contributed by atoms with E-state index in [1.54, 1.807) is 0 Å². The molecule has 1 unspecified atom stereocenters. The molecule has 0 heterocycles. The largest absolute Gasteiger partial charge is 0.0883 e. The Kier molecular flexibility index (Phi) is 3.37. The molecule has 1 rings (SSSR count). The molecule has 0 spiro atoms. The summed E-state index contributed by atoms with van der Waals surface area (Å²) in [4.78, 5) is 0. The van der Waals surface area contributed by atoms with E-state index in [4.69, 9.17) is 0 Å². The maximum Gasteiger partial charge on any atom is -0.0233 e. The summed E-state index contributed by atoms with van der Waals surface area (Å²) >= 11 is 0. The van der Waals surface area contributed by atoms with E-state index in [0.29, 0.717) is 5.41 Å². The standard InChI is InChI=1S/C12H22/c1-12(2,3)10-9-11-7-5-4-6-8-11/h5,7,11H,4,6,8-10H2,1-3H3. The molecule has 1 aliphatic carbocycles. The summed E-state index contributed by atoms with van der Waals surface area (Å²) < 4.78 is 0. The Morgan fingerprint density at radius 3 is 2.58 bits per heavy atom. The third-order valence-electron chi connectivity index (χ3n) is 2.62. The summed E-state index contributed by atoms with van der Waals surface area (Å²) in [6.45, 7) is 7.00. The quantitative estimate of drug-likeness (QED) is 0.540. The molecule has 0 N–H and O–H groups in total. The van der Waals surface area contributed by atoms with Gasteiger partial charge in [0.2, 0.25) is 0 Å². The van der Waals surface area contributed by atoms with Crippen LogP contribution < -0.4 is 0 Å². The molecule has 0 radical (unpaired) electrons. The minimum atomic E-state index is 0.519. The van der Waals surface area contributed by atoms with Gasteiger partial charge in [0.1, 0.15) is 0 Å². The Bertz CT molecular complexity index is 148. The van der Waals surface area contributed by atoms with E-state index in [9.17, 15) is 0 Å². The molecular formula is C12H22. The summed E-state index contributed by atoms with van der Waals surface area (Å²) in [5.41, 5.74) is 0.519. The lowest BCUT2D eigenvalue weighted by Crippen LogP contribution is -2.09. The lowest BCUT2D eigenvalue weighted by atomic mass is 9.83. The zero-order valence-electron chi connectivity index (χ0n) is 8.77. The van der Waals surface area contributed by atoms with Gasteiger partial charge in [-0.05, 0) is 43.4 Å². The van der Waals surface area contributed by atoms with Gasteiger partial charge in [-0.2, -0.15) is 0 Å². The van der Waals surface area contributed by atoms with Gasteiger partial charge in [0.05, 0.1) is 0 Å². The lowest BCUT2D eigenvalue weighted by Gasteiger charge is -2.22. The minimum Gasteiger partial charge on any atom is -0.0883 e. The van der Waals surface area contributed by atoms with E-state index in [0.717, 1.165) is 5.92 Å². The first-order valence-corrected chi connectivity index (χ1v) is 5.24. The van der Waals surface area contributed by atoms with Gasteiger partial charge in [-0.1, -0.05) is 32.9 Å². The molecule has 0 heteroatoms. The highest BCUT2D eigenvalue weighted by atomic mass is 14.2. The minimum absolute atomic E-state index is 0.519. The van der Waals surface area contributed by atoms with E-state index in [1.807, 2.05) is 0 Å². The lowest BCUT2D eigenvalue weighted by molar-refractivity contribution is 0.331. The Labute approximate surface area is 77.1 Å². The highest BCUT2D eigenvalue weighted by molar-refractivity contribution is 4.93. The molecular weight excluding hydrogens is 144 g/mol. The van der Waals surface area contributed by atoms with Crippen LogP contribution in [0.5, 0.6) is 0 Å². The first kappa shape index (κ1) is 9.83. The second-order valence-corrected chi connectivity index (χ2v) is 5.22. The van der Waals surface area contributed by atoms with Crippen LogP contribution in [0.3, 0.4) is 0 Å². The molecule has 1 atom stereocenters. The Morgan fingerprint density at radius 2 is 2.08 bits per heavy atom. The van der Waals surface area contributed by atoms with Crippen LogP contribution >= 0.6 is 0 Å². The molecule has 0 saturated carbocycles. The fourth-order valence-electron chi connectivity index (χ4n) is 1.74. The van der Waals surface area contributed by atoms with Crippen molar-refractivity contribution in [1.29, 1.82) is 0 Å². The first-order chi connectivity index (χ1) is 5.58. The predicted octanol–water partition coefficient (Wildman–Crippen LogP) is 4.17. The van der Waals surface area contributed by atoms with Crippen molar-refractivity contribution < 1.29 is 0 Å². The van der Waals surface area contributed by atoms with Crippen molar-refractivity contribution in [2.75, 3.05) is 0 Å². The predicted molar refractivity (Wildman–Crippen MR) is 55.2 cm³/mol. The van der Waals surface area contributed by atoms with Crippen LogP contribution in [0.4, 0.5) is 0 Å². The fraction of sp³-hybridized carbons (Fsp3) is 0.833. The van der Waals surface area contributed by atoms with Crippen molar-refractivity contribution in [3.8, 4) is 0 Å². The third-order valence-corrected chi connectivity index (χ3v) is 2.62. The van der Waals surface area contributed by atoms with Crippen LogP contribution in [0.15, 0.2) is 12.2 Å². The van der Waals surface area contributed by atoms with Crippen LogP contribution in [-0.4, -0.2) is 0 Å². The monoisotopic (exact) mass is 166 g/mol. The van der Waals surface area contributed by atoms with Crippen molar-refractivity contribution in [1.82, 2.24) is 0 Å². The van der Waals surface area contributed by atoms with Gasteiger partial charge in [-0.3, -0.25) is 0 Å². The second kappa shape index (κ2) is 4.11. The van der Waals surface area contributed by atoms with E-state index in [-0.39, 0.29) is 0 Å². The SMILES string of the molecule is CC(C)(C)CCC1C=CCCC1. The second-order valence-electron chi connectivity index (χ2n) is 5.22. The van der Waals surface area contributed by atoms with Crippen LogP contribution in [-0.2, 0) is 0 Å². The molecule has 12 heavy (non-hydrogen) atoms. The number of allylic oxidation sites excluding steroid dienone is 2. The molecule has 0 nitrogen and oxygen atoms in total. The van der Waals surface area contributed by atoms with E-state index in [2.05, 4.69) is 32.9 Å². The average Bonchev–Trinajstić information content (AvgIpc) is 2.02. The van der Waals surface area contributed by atoms with Crippen molar-refractivity contribution >= 4 is 0 Å². The van der Waals surface area contributed by atoms with E-state index < -0.39 is 0 Å². The average molecular weight is 166 g/mol. The zero-order chi connectivity index (χ0) is 9.03. The van der Waals surface area contributed by atoms with Gasteiger partial charge in [0, 0.05) is 0 Å². The maximum absolute atomic E-state index is 2.43. The highest BCUT2D eigenvalue weighted by Crippen LogP contribution is 2.28. The summed E-state index contributed by atoms with van der Waals surface area (Å²) in [6, 6.07) is 0. The molecule has 70 valence electrons. The van der Waals surface area contributed by atoms with Crippen LogP contribution in [0.1, 0.15) is 52.9 Å². The van der Waals surface area contributed by atoms with Crippen molar-refractivity contribution in [2.24, 2.45) is 11.3 Å².